The van der Waals surface area contributed by atoms with E-state index in [0.717, 1.165) is 36.4 Å². The van der Waals surface area contributed by atoms with Crippen molar-refractivity contribution in [3.63, 3.8) is 0 Å². The maximum absolute atomic E-state index is 12.6. The summed E-state index contributed by atoms with van der Waals surface area (Å²) < 4.78 is 64.3. The molecule has 0 bridgehead atoms. The van der Waals surface area contributed by atoms with Crippen LogP contribution < -0.4 is 0 Å². The molecule has 3 rings (SSSR count). The van der Waals surface area contributed by atoms with E-state index < -0.39 is 52.7 Å². The molecule has 0 spiro atoms. The third kappa shape index (κ3) is 3.43. The van der Waals surface area contributed by atoms with Gasteiger partial charge in [0.1, 0.15) is 9.79 Å². The molecule has 126 valence electrons. The van der Waals surface area contributed by atoms with Gasteiger partial charge in [-0.1, -0.05) is 24.3 Å². The minimum atomic E-state index is -4.78. The van der Waals surface area contributed by atoms with Crippen molar-refractivity contribution in [2.24, 2.45) is 0 Å². The number of rotatable bonds is 2. The van der Waals surface area contributed by atoms with Gasteiger partial charge in [0.05, 0.1) is 11.1 Å². The van der Waals surface area contributed by atoms with E-state index in [1.807, 2.05) is 0 Å². The van der Waals surface area contributed by atoms with E-state index in [2.05, 4.69) is 0 Å². The molecule has 2 aromatic rings. The average molecular weight is 408 g/mol. The SMILES string of the molecule is O=C1c2cccc(S(=O)(=O)O)c2C(=O)c2cccc(S(=O)(=O)O)c21.[KH]. The first-order valence-corrected chi connectivity index (χ1v) is 9.22. The van der Waals surface area contributed by atoms with Crippen LogP contribution in [0.4, 0.5) is 0 Å². The van der Waals surface area contributed by atoms with Gasteiger partial charge in [-0.05, 0) is 12.1 Å². The second kappa shape index (κ2) is 6.76. The summed E-state index contributed by atoms with van der Waals surface area (Å²) in [6, 6.07) is 6.44. The summed E-state index contributed by atoms with van der Waals surface area (Å²) in [5.41, 5.74) is -1.83. The van der Waals surface area contributed by atoms with Crippen LogP contribution in [0.2, 0.25) is 0 Å². The molecule has 0 saturated heterocycles. The number of carbonyl (C=O) groups is 2. The summed E-state index contributed by atoms with van der Waals surface area (Å²) in [5, 5.41) is 0. The molecule has 0 saturated carbocycles. The fourth-order valence-corrected chi connectivity index (χ4v) is 4.03. The molecule has 2 N–H and O–H groups in total. The molecule has 0 atom stereocenters. The predicted octanol–water partition coefficient (Wildman–Crippen LogP) is 0.307. The molecule has 1 aliphatic rings. The Bertz CT molecular complexity index is 1040. The molecule has 11 heteroatoms. The summed E-state index contributed by atoms with van der Waals surface area (Å²) in [7, 11) is -9.56. The number of hydrogen-bond acceptors (Lipinski definition) is 6. The van der Waals surface area contributed by atoms with E-state index in [1.165, 1.54) is 0 Å². The van der Waals surface area contributed by atoms with Crippen molar-refractivity contribution < 1.29 is 35.5 Å². The molecule has 0 amide bonds. The van der Waals surface area contributed by atoms with E-state index in [-0.39, 0.29) is 62.5 Å². The fourth-order valence-electron chi connectivity index (χ4n) is 2.61. The first kappa shape index (κ1) is 20.5. The normalized spacial score (nSPS) is 13.7. The first-order valence-electron chi connectivity index (χ1n) is 6.34. The van der Waals surface area contributed by atoms with Crippen molar-refractivity contribution >= 4 is 83.2 Å². The molecule has 0 aliphatic heterocycles. The minimum absolute atomic E-state index is 0. The van der Waals surface area contributed by atoms with Gasteiger partial charge < -0.3 is 0 Å². The standard InChI is InChI=1S/C14H8O8S2.K.H/c15-13-7-3-1-5-9(23(17,18)19)11(7)14(16)8-4-2-6-10(12(8)13)24(20,21)22;;/h1-6H,(H,17,18,19)(H,20,21,22);;. The van der Waals surface area contributed by atoms with E-state index in [0.29, 0.717) is 0 Å². The van der Waals surface area contributed by atoms with Crippen LogP contribution in [0, 0.1) is 0 Å². The summed E-state index contributed by atoms with van der Waals surface area (Å²) in [6.07, 6.45) is 0. The van der Waals surface area contributed by atoms with Crippen LogP contribution in [-0.2, 0) is 20.2 Å². The summed E-state index contributed by atoms with van der Waals surface area (Å²) in [6.45, 7) is 0. The zero-order chi connectivity index (χ0) is 17.9. The monoisotopic (exact) mass is 408 g/mol. The van der Waals surface area contributed by atoms with Crippen molar-refractivity contribution in [3.05, 3.63) is 58.7 Å². The Morgan fingerprint density at radius 3 is 1.24 bits per heavy atom. The molecule has 0 radical (unpaired) electrons. The van der Waals surface area contributed by atoms with Gasteiger partial charge in [0.2, 0.25) is 0 Å². The Morgan fingerprint density at radius 2 is 0.960 bits per heavy atom. The van der Waals surface area contributed by atoms with Crippen molar-refractivity contribution in [3.8, 4) is 0 Å². The second-order valence-corrected chi connectivity index (χ2v) is 7.75. The number of fused-ring (bicyclic) bond motifs is 2. The van der Waals surface area contributed by atoms with E-state index in [4.69, 9.17) is 0 Å². The average Bonchev–Trinajstić information content (AvgIpc) is 2.49. The van der Waals surface area contributed by atoms with Crippen LogP contribution >= 0.6 is 0 Å². The van der Waals surface area contributed by atoms with Crippen LogP contribution in [0.15, 0.2) is 46.2 Å². The van der Waals surface area contributed by atoms with Crippen LogP contribution in [-0.4, -0.2) is 88.9 Å². The van der Waals surface area contributed by atoms with Gasteiger partial charge in [0.25, 0.3) is 20.2 Å². The first-order chi connectivity index (χ1) is 11.0. The number of ketones is 2. The zero-order valence-corrected chi connectivity index (χ0v) is 13.3. The van der Waals surface area contributed by atoms with Gasteiger partial charge in [-0.25, -0.2) is 0 Å². The predicted molar refractivity (Wildman–Crippen MR) is 86.5 cm³/mol. The van der Waals surface area contributed by atoms with E-state index in [9.17, 15) is 35.5 Å². The summed E-state index contributed by atoms with van der Waals surface area (Å²) in [5.74, 6) is -1.89. The van der Waals surface area contributed by atoms with Crippen molar-refractivity contribution in [1.29, 1.82) is 0 Å². The molecule has 8 nitrogen and oxygen atoms in total. The van der Waals surface area contributed by atoms with Crippen LogP contribution in [0.1, 0.15) is 31.8 Å². The van der Waals surface area contributed by atoms with Gasteiger partial charge in [-0.3, -0.25) is 18.7 Å². The topological polar surface area (TPSA) is 143 Å². The van der Waals surface area contributed by atoms with Crippen molar-refractivity contribution in [2.75, 3.05) is 0 Å². The molecule has 25 heavy (non-hydrogen) atoms. The molecule has 1 aliphatic carbocycles. The van der Waals surface area contributed by atoms with Crippen molar-refractivity contribution in [1.82, 2.24) is 0 Å². The molecule has 0 fully saturated rings. The Labute approximate surface area is 185 Å². The third-order valence-electron chi connectivity index (χ3n) is 3.55. The quantitative estimate of drug-likeness (QED) is 0.455. The Morgan fingerprint density at radius 1 is 0.640 bits per heavy atom. The fraction of sp³-hybridized carbons (Fsp3) is 0. The Kier molecular flexibility index (Phi) is 5.55. The van der Waals surface area contributed by atoms with Crippen LogP contribution in [0.25, 0.3) is 0 Å². The Hall–Kier alpha value is -0.764. The number of carbonyl (C=O) groups excluding carboxylic acids is 2. The summed E-state index contributed by atoms with van der Waals surface area (Å²) in [4.78, 5) is 23.7. The second-order valence-electron chi connectivity index (χ2n) is 4.97. The Balaban J connectivity index is 0.00000225. The van der Waals surface area contributed by atoms with Gasteiger partial charge in [-0.15, -0.1) is 0 Å². The number of hydrogen-bond donors (Lipinski definition) is 2. The molecule has 0 aromatic heterocycles. The molecule has 2 aromatic carbocycles. The molecular formula is C14H9KO8S2. The van der Waals surface area contributed by atoms with E-state index in [1.54, 1.807) is 0 Å². The molecule has 0 heterocycles. The number of benzene rings is 2. The van der Waals surface area contributed by atoms with E-state index >= 15 is 0 Å². The maximum atomic E-state index is 12.6. The molecule has 0 unspecified atom stereocenters. The van der Waals surface area contributed by atoms with Gasteiger partial charge >= 0.3 is 51.4 Å². The summed E-state index contributed by atoms with van der Waals surface area (Å²) >= 11 is 0. The van der Waals surface area contributed by atoms with Gasteiger partial charge in [-0.2, -0.15) is 16.8 Å². The van der Waals surface area contributed by atoms with Gasteiger partial charge in [0, 0.05) is 11.1 Å². The van der Waals surface area contributed by atoms with Crippen molar-refractivity contribution in [2.45, 2.75) is 9.79 Å². The third-order valence-corrected chi connectivity index (χ3v) is 5.34. The van der Waals surface area contributed by atoms with Crippen LogP contribution in [0.3, 0.4) is 0 Å². The van der Waals surface area contributed by atoms with Crippen LogP contribution in [0.5, 0.6) is 0 Å². The van der Waals surface area contributed by atoms with Gasteiger partial charge in [0.15, 0.2) is 11.6 Å². The molecular weight excluding hydrogens is 399 g/mol. The zero-order valence-electron chi connectivity index (χ0n) is 11.6.